The number of carbonyl (C=O) groups is 1. The minimum atomic E-state index is -0.155. The molecule has 1 N–H and O–H groups in total. The maximum Gasteiger partial charge on any atom is 0.255 e. The van der Waals surface area contributed by atoms with Gasteiger partial charge in [0.2, 0.25) is 0 Å². The first kappa shape index (κ1) is 20.5. The summed E-state index contributed by atoms with van der Waals surface area (Å²) in [5, 5.41) is 7.89. The van der Waals surface area contributed by atoms with Crippen LogP contribution in [0.2, 0.25) is 0 Å². The topological polar surface area (TPSA) is 51.9 Å². The molecule has 0 spiro atoms. The first-order chi connectivity index (χ1) is 16.2. The third kappa shape index (κ3) is 4.34. The molecule has 33 heavy (non-hydrogen) atoms. The Morgan fingerprint density at radius 1 is 0.788 bits per heavy atom. The van der Waals surface area contributed by atoms with E-state index in [1.165, 1.54) is 0 Å². The highest BCUT2D eigenvalue weighted by molar-refractivity contribution is 6.00. The maximum atomic E-state index is 13.4. The van der Waals surface area contributed by atoms with Gasteiger partial charge in [-0.25, -0.2) is 4.68 Å². The van der Waals surface area contributed by atoms with Crippen molar-refractivity contribution in [3.8, 4) is 22.6 Å². The minimum absolute atomic E-state index is 0.153. The van der Waals surface area contributed by atoms with Crippen molar-refractivity contribution in [2.75, 3.05) is 0 Å². The van der Waals surface area contributed by atoms with Gasteiger partial charge in [-0.3, -0.25) is 4.79 Å². The first-order valence-corrected chi connectivity index (χ1v) is 10.9. The summed E-state index contributed by atoms with van der Waals surface area (Å²) in [7, 11) is 0. The molecule has 0 aliphatic heterocycles. The van der Waals surface area contributed by atoms with Crippen LogP contribution in [-0.2, 0) is 0 Å². The molecule has 5 aromatic rings. The van der Waals surface area contributed by atoms with E-state index in [1.807, 2.05) is 104 Å². The molecule has 0 radical (unpaired) electrons. The zero-order valence-corrected chi connectivity index (χ0v) is 18.3. The zero-order valence-electron chi connectivity index (χ0n) is 18.3. The van der Waals surface area contributed by atoms with Crippen molar-refractivity contribution in [2.24, 2.45) is 0 Å². The number of nitrogens with zero attached hydrogens (tertiary/aromatic N) is 3. The van der Waals surface area contributed by atoms with Gasteiger partial charge in [-0.15, -0.1) is 0 Å². The third-order valence-electron chi connectivity index (χ3n) is 5.67. The van der Waals surface area contributed by atoms with Crippen LogP contribution >= 0.6 is 0 Å². The second-order valence-corrected chi connectivity index (χ2v) is 7.91. The minimum Gasteiger partial charge on any atom is -0.345 e. The monoisotopic (exact) mass is 432 g/mol. The van der Waals surface area contributed by atoms with Crippen LogP contribution in [0.5, 0.6) is 0 Å². The normalized spacial score (nSPS) is 11.8. The van der Waals surface area contributed by atoms with E-state index in [9.17, 15) is 4.79 Å². The van der Waals surface area contributed by atoms with Gasteiger partial charge in [0.1, 0.15) is 5.69 Å². The largest absolute Gasteiger partial charge is 0.345 e. The zero-order chi connectivity index (χ0) is 22.6. The Balaban J connectivity index is 1.42. The Labute approximate surface area is 192 Å². The van der Waals surface area contributed by atoms with Crippen molar-refractivity contribution in [3.05, 3.63) is 127 Å². The molecule has 0 bridgehead atoms. The lowest BCUT2D eigenvalue weighted by molar-refractivity contribution is 0.0940. The van der Waals surface area contributed by atoms with E-state index >= 15 is 0 Å². The van der Waals surface area contributed by atoms with E-state index in [2.05, 4.69) is 22.0 Å². The summed E-state index contributed by atoms with van der Waals surface area (Å²) in [6.07, 6.45) is 5.82. The van der Waals surface area contributed by atoms with Gasteiger partial charge >= 0.3 is 0 Å². The van der Waals surface area contributed by atoms with E-state index in [4.69, 9.17) is 5.10 Å². The summed E-state index contributed by atoms with van der Waals surface area (Å²) >= 11 is 0. The second kappa shape index (κ2) is 9.01. The summed E-state index contributed by atoms with van der Waals surface area (Å²) in [6, 6.07) is 31.7. The predicted octanol–water partition coefficient (Wildman–Crippen LogP) is 5.82. The lowest BCUT2D eigenvalue weighted by Crippen LogP contribution is -2.26. The Hall–Kier alpha value is -4.38. The molecule has 0 fully saturated rings. The van der Waals surface area contributed by atoms with Gasteiger partial charge in [0, 0.05) is 29.8 Å². The molecule has 0 saturated carbocycles. The number of aromatic nitrogens is 3. The lowest BCUT2D eigenvalue weighted by Gasteiger charge is -2.15. The van der Waals surface area contributed by atoms with Crippen LogP contribution in [0.15, 0.2) is 116 Å². The highest BCUT2D eigenvalue weighted by atomic mass is 16.1. The van der Waals surface area contributed by atoms with Crippen molar-refractivity contribution in [1.82, 2.24) is 19.7 Å². The number of hydrogen-bond acceptors (Lipinski definition) is 2. The fraction of sp³-hybridized carbons (Fsp3) is 0.0714. The van der Waals surface area contributed by atoms with Crippen molar-refractivity contribution in [1.29, 1.82) is 0 Å². The third-order valence-corrected chi connectivity index (χ3v) is 5.67. The van der Waals surface area contributed by atoms with Crippen LogP contribution in [0.3, 0.4) is 0 Å². The number of benzene rings is 3. The Bertz CT molecular complexity index is 1340. The molecule has 0 aliphatic rings. The van der Waals surface area contributed by atoms with Gasteiger partial charge in [-0.05, 0) is 48.9 Å². The number of carbonyl (C=O) groups excluding carboxylic acids is 1. The van der Waals surface area contributed by atoms with Crippen LogP contribution in [0.25, 0.3) is 22.6 Å². The average Bonchev–Trinajstić information content (AvgIpc) is 3.56. The van der Waals surface area contributed by atoms with Crippen LogP contribution in [-0.4, -0.2) is 20.3 Å². The van der Waals surface area contributed by atoms with Gasteiger partial charge in [-0.1, -0.05) is 60.7 Å². The molecular weight excluding hydrogens is 408 g/mol. The molecule has 2 heterocycles. The highest BCUT2D eigenvalue weighted by Gasteiger charge is 2.20. The molecule has 1 atom stereocenters. The lowest BCUT2D eigenvalue weighted by atomic mass is 10.1. The quantitative estimate of drug-likeness (QED) is 0.367. The number of amides is 1. The van der Waals surface area contributed by atoms with Gasteiger partial charge < -0.3 is 9.88 Å². The molecule has 0 aliphatic carbocycles. The Morgan fingerprint density at radius 2 is 1.42 bits per heavy atom. The molecule has 5 nitrogen and oxygen atoms in total. The molecule has 5 heteroatoms. The van der Waals surface area contributed by atoms with Crippen molar-refractivity contribution >= 4 is 5.91 Å². The molecule has 2 aromatic heterocycles. The molecule has 1 amide bonds. The Morgan fingerprint density at radius 3 is 2.09 bits per heavy atom. The average molecular weight is 433 g/mol. The molecule has 5 rings (SSSR count). The standard InChI is InChI=1S/C28H24N4O/c1-21(22-14-16-24(17-15-22)31-18-8-9-19-31)29-28(33)26-20-32(25-12-6-3-7-13-25)30-27(26)23-10-4-2-5-11-23/h2-21H,1H3,(H,29,33). The van der Waals surface area contributed by atoms with Crippen LogP contribution in [0.1, 0.15) is 28.9 Å². The van der Waals surface area contributed by atoms with Crippen LogP contribution < -0.4 is 5.32 Å². The molecular formula is C28H24N4O. The number of nitrogens with one attached hydrogen (secondary N) is 1. The number of para-hydroxylation sites is 1. The van der Waals surface area contributed by atoms with E-state index in [1.54, 1.807) is 10.9 Å². The van der Waals surface area contributed by atoms with E-state index in [0.29, 0.717) is 11.3 Å². The van der Waals surface area contributed by atoms with E-state index < -0.39 is 0 Å². The SMILES string of the molecule is CC(NC(=O)c1cn(-c2ccccc2)nc1-c1ccccc1)c1ccc(-n2cccc2)cc1. The molecule has 1 unspecified atom stereocenters. The van der Waals surface area contributed by atoms with Gasteiger partial charge in [0.25, 0.3) is 5.91 Å². The fourth-order valence-corrected chi connectivity index (χ4v) is 3.86. The van der Waals surface area contributed by atoms with Crippen LogP contribution in [0.4, 0.5) is 0 Å². The second-order valence-electron chi connectivity index (χ2n) is 7.91. The van der Waals surface area contributed by atoms with Crippen molar-refractivity contribution in [2.45, 2.75) is 13.0 Å². The molecule has 0 saturated heterocycles. The van der Waals surface area contributed by atoms with Gasteiger partial charge in [0.15, 0.2) is 0 Å². The summed E-state index contributed by atoms with van der Waals surface area (Å²) in [6.45, 7) is 1.99. The summed E-state index contributed by atoms with van der Waals surface area (Å²) < 4.78 is 3.81. The van der Waals surface area contributed by atoms with Crippen LogP contribution in [0, 0.1) is 0 Å². The molecule has 3 aromatic carbocycles. The van der Waals surface area contributed by atoms with Gasteiger partial charge in [-0.2, -0.15) is 5.10 Å². The smallest absolute Gasteiger partial charge is 0.255 e. The van der Waals surface area contributed by atoms with Gasteiger partial charge in [0.05, 0.1) is 17.3 Å². The van der Waals surface area contributed by atoms with E-state index in [-0.39, 0.29) is 11.9 Å². The summed E-state index contributed by atoms with van der Waals surface area (Å²) in [4.78, 5) is 13.4. The predicted molar refractivity (Wildman–Crippen MR) is 131 cm³/mol. The first-order valence-electron chi connectivity index (χ1n) is 10.9. The fourth-order valence-electron chi connectivity index (χ4n) is 3.86. The summed E-state index contributed by atoms with van der Waals surface area (Å²) in [5.74, 6) is -0.155. The maximum absolute atomic E-state index is 13.4. The van der Waals surface area contributed by atoms with Crippen molar-refractivity contribution in [3.63, 3.8) is 0 Å². The van der Waals surface area contributed by atoms with E-state index in [0.717, 1.165) is 22.5 Å². The number of rotatable bonds is 6. The number of hydrogen-bond donors (Lipinski definition) is 1. The van der Waals surface area contributed by atoms with Crippen molar-refractivity contribution < 1.29 is 4.79 Å². The highest BCUT2D eigenvalue weighted by Crippen LogP contribution is 2.25. The molecule has 162 valence electrons. The Kier molecular flexibility index (Phi) is 5.60. The summed E-state index contributed by atoms with van der Waals surface area (Å²) in [5.41, 5.74) is 5.13.